The van der Waals surface area contributed by atoms with Gasteiger partial charge in [0.15, 0.2) is 0 Å². The average Bonchev–Trinajstić information content (AvgIpc) is 3.41. The summed E-state index contributed by atoms with van der Waals surface area (Å²) >= 11 is 0. The van der Waals surface area contributed by atoms with Crippen molar-refractivity contribution in [3.8, 4) is 5.75 Å². The third-order valence-corrected chi connectivity index (χ3v) is 6.59. The van der Waals surface area contributed by atoms with Crippen molar-refractivity contribution in [3.63, 3.8) is 0 Å². The van der Waals surface area contributed by atoms with Crippen LogP contribution in [-0.4, -0.2) is 34.3 Å². The molecule has 1 amide bonds. The Morgan fingerprint density at radius 1 is 1.12 bits per heavy atom. The Kier molecular flexibility index (Phi) is 6.54. The van der Waals surface area contributed by atoms with Crippen LogP contribution in [0.5, 0.6) is 5.75 Å². The number of likely N-dealkylation sites (tertiary alicyclic amines) is 1. The molecule has 1 aliphatic heterocycles. The van der Waals surface area contributed by atoms with E-state index in [0.29, 0.717) is 17.7 Å². The normalized spacial score (nSPS) is 20.8. The van der Waals surface area contributed by atoms with Gasteiger partial charge in [-0.15, -0.1) is 0 Å². The zero-order valence-electron chi connectivity index (χ0n) is 19.3. The topological polar surface area (TPSA) is 66.8 Å². The number of ketones is 1. The van der Waals surface area contributed by atoms with Crippen molar-refractivity contribution in [2.24, 2.45) is 0 Å². The Balaban J connectivity index is 1.87. The molecule has 6 heteroatoms. The predicted molar refractivity (Wildman–Crippen MR) is 124 cm³/mol. The molecule has 1 aliphatic carbocycles. The van der Waals surface area contributed by atoms with Gasteiger partial charge < -0.3 is 14.7 Å². The smallest absolute Gasteiger partial charge is 0.295 e. The molecule has 2 fully saturated rings. The maximum atomic E-state index is 13.6. The van der Waals surface area contributed by atoms with Gasteiger partial charge in [0.2, 0.25) is 0 Å². The summed E-state index contributed by atoms with van der Waals surface area (Å²) < 4.78 is 19.4. The summed E-state index contributed by atoms with van der Waals surface area (Å²) in [5, 5.41) is 11.3. The van der Waals surface area contributed by atoms with Gasteiger partial charge in [-0.2, -0.15) is 0 Å². The van der Waals surface area contributed by atoms with Crippen LogP contribution in [0.15, 0.2) is 48.0 Å². The number of Topliss-reactive ketones (excluding diaryl/α,β-unsaturated/α-hetero) is 1. The average molecular weight is 452 g/mol. The van der Waals surface area contributed by atoms with E-state index in [9.17, 15) is 19.1 Å². The van der Waals surface area contributed by atoms with Crippen molar-refractivity contribution in [2.45, 2.75) is 64.5 Å². The summed E-state index contributed by atoms with van der Waals surface area (Å²) in [6.07, 6.45) is 3.59. The molecule has 0 bridgehead atoms. The van der Waals surface area contributed by atoms with Crippen LogP contribution in [0, 0.1) is 5.82 Å². The molecular weight excluding hydrogens is 421 g/mol. The number of aliphatic hydroxyl groups is 1. The van der Waals surface area contributed by atoms with Gasteiger partial charge in [0.1, 0.15) is 17.3 Å². The highest BCUT2D eigenvalue weighted by Gasteiger charge is 2.49. The van der Waals surface area contributed by atoms with Crippen molar-refractivity contribution in [2.75, 3.05) is 6.61 Å². The predicted octanol–water partition coefficient (Wildman–Crippen LogP) is 5.71. The molecule has 174 valence electrons. The van der Waals surface area contributed by atoms with Crippen molar-refractivity contribution in [1.82, 2.24) is 4.90 Å². The number of rotatable bonds is 6. The maximum Gasteiger partial charge on any atom is 0.295 e. The van der Waals surface area contributed by atoms with Crippen LogP contribution >= 0.6 is 0 Å². The van der Waals surface area contributed by atoms with Gasteiger partial charge in [-0.3, -0.25) is 9.59 Å². The number of halogens is 1. The number of benzene rings is 2. The van der Waals surface area contributed by atoms with E-state index in [1.807, 2.05) is 26.8 Å². The molecule has 1 atom stereocenters. The minimum Gasteiger partial charge on any atom is -0.507 e. The number of carbonyl (C=O) groups is 2. The van der Waals surface area contributed by atoms with Gasteiger partial charge in [0.25, 0.3) is 11.7 Å². The van der Waals surface area contributed by atoms with Crippen LogP contribution < -0.4 is 4.74 Å². The molecule has 2 aliphatic rings. The van der Waals surface area contributed by atoms with Gasteiger partial charge in [0, 0.05) is 11.6 Å². The monoisotopic (exact) mass is 451 g/mol. The third-order valence-electron chi connectivity index (χ3n) is 6.59. The highest BCUT2D eigenvalue weighted by atomic mass is 19.1. The number of nitrogens with zero attached hydrogens (tertiary/aromatic N) is 1. The van der Waals surface area contributed by atoms with E-state index in [2.05, 4.69) is 0 Å². The largest absolute Gasteiger partial charge is 0.507 e. The van der Waals surface area contributed by atoms with Crippen LogP contribution in [0.2, 0.25) is 0 Å². The first-order valence-electron chi connectivity index (χ1n) is 11.7. The first-order valence-corrected chi connectivity index (χ1v) is 11.7. The highest BCUT2D eigenvalue weighted by molar-refractivity contribution is 6.46. The standard InChI is InChI=1S/C27H30FNO4/c1-4-33-22-14-11-18(15-21(22)16(2)3)25(30)23-24(17-9-12-19(28)13-10-17)29(27(32)26(23)31)20-7-5-6-8-20/h9-16,20,24,30H,4-8H2,1-3H3/b25-23-. The van der Waals surface area contributed by atoms with E-state index in [1.165, 1.54) is 12.1 Å². The van der Waals surface area contributed by atoms with Crippen molar-refractivity contribution >= 4 is 17.4 Å². The summed E-state index contributed by atoms with van der Waals surface area (Å²) in [5.74, 6) is -1.06. The first-order chi connectivity index (χ1) is 15.8. The second-order valence-electron chi connectivity index (χ2n) is 9.04. The van der Waals surface area contributed by atoms with E-state index in [0.717, 1.165) is 37.0 Å². The number of ether oxygens (including phenoxy) is 1. The summed E-state index contributed by atoms with van der Waals surface area (Å²) in [6.45, 7) is 6.48. The molecule has 1 heterocycles. The highest BCUT2D eigenvalue weighted by Crippen LogP contribution is 2.44. The molecule has 33 heavy (non-hydrogen) atoms. The SMILES string of the molecule is CCOc1ccc(/C(O)=C2/C(=O)C(=O)N(C3CCCC3)C2c2ccc(F)cc2)cc1C(C)C. The molecule has 0 radical (unpaired) electrons. The molecule has 2 aromatic rings. The number of aliphatic hydroxyl groups excluding tert-OH is 1. The number of hydrogen-bond donors (Lipinski definition) is 1. The minimum absolute atomic E-state index is 0.0531. The molecule has 1 saturated carbocycles. The van der Waals surface area contributed by atoms with E-state index in [1.54, 1.807) is 29.2 Å². The molecule has 5 nitrogen and oxygen atoms in total. The van der Waals surface area contributed by atoms with Gasteiger partial charge in [0.05, 0.1) is 18.2 Å². The number of carbonyl (C=O) groups excluding carboxylic acids is 2. The van der Waals surface area contributed by atoms with E-state index < -0.39 is 23.5 Å². The lowest BCUT2D eigenvalue weighted by Gasteiger charge is -2.30. The van der Waals surface area contributed by atoms with E-state index in [-0.39, 0.29) is 23.3 Å². The lowest BCUT2D eigenvalue weighted by Crippen LogP contribution is -2.37. The second kappa shape index (κ2) is 9.38. The number of hydrogen-bond acceptors (Lipinski definition) is 4. The van der Waals surface area contributed by atoms with Gasteiger partial charge in [-0.25, -0.2) is 4.39 Å². The zero-order valence-corrected chi connectivity index (χ0v) is 19.3. The first kappa shape index (κ1) is 23.0. The molecule has 2 aromatic carbocycles. The minimum atomic E-state index is -0.747. The molecule has 4 rings (SSSR count). The van der Waals surface area contributed by atoms with Gasteiger partial charge in [-0.1, -0.05) is 38.8 Å². The second-order valence-corrected chi connectivity index (χ2v) is 9.04. The molecule has 1 N–H and O–H groups in total. The quantitative estimate of drug-likeness (QED) is 0.347. The fourth-order valence-corrected chi connectivity index (χ4v) is 4.97. The van der Waals surface area contributed by atoms with Crippen LogP contribution in [0.4, 0.5) is 4.39 Å². The van der Waals surface area contributed by atoms with Crippen molar-refractivity contribution in [1.29, 1.82) is 0 Å². The van der Waals surface area contributed by atoms with E-state index >= 15 is 0 Å². The van der Waals surface area contributed by atoms with E-state index in [4.69, 9.17) is 4.74 Å². The number of amides is 1. The Morgan fingerprint density at radius 3 is 2.39 bits per heavy atom. The van der Waals surface area contributed by atoms with Crippen LogP contribution in [0.25, 0.3) is 5.76 Å². The van der Waals surface area contributed by atoms with Crippen molar-refractivity contribution in [3.05, 3.63) is 70.5 Å². The van der Waals surface area contributed by atoms with Crippen LogP contribution in [0.3, 0.4) is 0 Å². The summed E-state index contributed by atoms with van der Waals surface area (Å²) in [7, 11) is 0. The molecular formula is C27H30FNO4. The Labute approximate surface area is 193 Å². The fraction of sp³-hybridized carbons (Fsp3) is 0.407. The third kappa shape index (κ3) is 4.26. The maximum absolute atomic E-state index is 13.6. The van der Waals surface area contributed by atoms with Crippen LogP contribution in [-0.2, 0) is 9.59 Å². The lowest BCUT2D eigenvalue weighted by molar-refractivity contribution is -0.141. The van der Waals surface area contributed by atoms with Gasteiger partial charge in [-0.05, 0) is 67.1 Å². The fourth-order valence-electron chi connectivity index (χ4n) is 4.97. The molecule has 0 aromatic heterocycles. The molecule has 1 unspecified atom stereocenters. The molecule has 1 saturated heterocycles. The lowest BCUT2D eigenvalue weighted by atomic mass is 9.92. The Bertz CT molecular complexity index is 1080. The summed E-state index contributed by atoms with van der Waals surface area (Å²) in [6, 6.07) is 10.3. The Morgan fingerprint density at radius 2 is 1.79 bits per heavy atom. The summed E-state index contributed by atoms with van der Waals surface area (Å²) in [5.41, 5.74) is 2.03. The Hall–Kier alpha value is -3.15. The molecule has 0 spiro atoms. The summed E-state index contributed by atoms with van der Waals surface area (Å²) in [4.78, 5) is 28.0. The zero-order chi connectivity index (χ0) is 23.7. The van der Waals surface area contributed by atoms with Crippen LogP contribution in [0.1, 0.15) is 75.1 Å². The van der Waals surface area contributed by atoms with Crippen molar-refractivity contribution < 1.29 is 23.8 Å². The van der Waals surface area contributed by atoms with Gasteiger partial charge >= 0.3 is 0 Å².